The lowest BCUT2D eigenvalue weighted by atomic mass is 10.0. The summed E-state index contributed by atoms with van der Waals surface area (Å²) in [6.07, 6.45) is 7.42. The summed E-state index contributed by atoms with van der Waals surface area (Å²) < 4.78 is 1.86. The molecule has 4 heteroatoms. The van der Waals surface area contributed by atoms with E-state index < -0.39 is 0 Å². The lowest BCUT2D eigenvalue weighted by molar-refractivity contribution is 0.901. The second-order valence-corrected chi connectivity index (χ2v) is 4.79. The van der Waals surface area contributed by atoms with Crippen LogP contribution in [0.5, 0.6) is 0 Å². The Balaban J connectivity index is 2.12. The summed E-state index contributed by atoms with van der Waals surface area (Å²) in [6, 6.07) is 10.2. The topological polar surface area (TPSA) is 43.1 Å². The molecule has 3 aromatic heterocycles. The summed E-state index contributed by atoms with van der Waals surface area (Å²) in [5.41, 5.74) is 4.02. The van der Waals surface area contributed by atoms with E-state index in [0.29, 0.717) is 0 Å². The van der Waals surface area contributed by atoms with Crippen molar-refractivity contribution in [3.63, 3.8) is 0 Å². The van der Waals surface area contributed by atoms with Crippen LogP contribution in [0.2, 0.25) is 0 Å². The Bertz CT molecular complexity index is 919. The van der Waals surface area contributed by atoms with E-state index in [0.717, 1.165) is 27.9 Å². The zero-order valence-corrected chi connectivity index (χ0v) is 11.0. The Morgan fingerprint density at radius 1 is 0.950 bits per heavy atom. The molecule has 0 fully saturated rings. The van der Waals surface area contributed by atoms with Gasteiger partial charge in [0, 0.05) is 35.1 Å². The quantitative estimate of drug-likeness (QED) is 0.527. The maximum Gasteiger partial charge on any atom is 0.161 e. The van der Waals surface area contributed by atoms with Crippen molar-refractivity contribution in [1.82, 2.24) is 19.6 Å². The van der Waals surface area contributed by atoms with Crippen LogP contribution in [0.3, 0.4) is 0 Å². The van der Waals surface area contributed by atoms with Crippen molar-refractivity contribution < 1.29 is 0 Å². The molecule has 0 amide bonds. The van der Waals surface area contributed by atoms with Crippen LogP contribution in [-0.4, -0.2) is 19.6 Å². The summed E-state index contributed by atoms with van der Waals surface area (Å²) >= 11 is 0. The van der Waals surface area contributed by atoms with Gasteiger partial charge in [-0.05, 0) is 18.4 Å². The van der Waals surface area contributed by atoms with Crippen LogP contribution in [0.15, 0.2) is 55.1 Å². The van der Waals surface area contributed by atoms with Gasteiger partial charge < -0.3 is 0 Å². The van der Waals surface area contributed by atoms with Crippen LogP contribution in [0.4, 0.5) is 0 Å². The highest BCUT2D eigenvalue weighted by Gasteiger charge is 2.10. The number of aryl methyl sites for hydroxylation is 1. The van der Waals surface area contributed by atoms with E-state index in [1.54, 1.807) is 6.20 Å². The van der Waals surface area contributed by atoms with Crippen LogP contribution in [0, 0.1) is 6.92 Å². The normalized spacial score (nSPS) is 11.2. The molecule has 0 aliphatic carbocycles. The summed E-state index contributed by atoms with van der Waals surface area (Å²) in [4.78, 5) is 8.82. The monoisotopic (exact) mass is 260 g/mol. The summed E-state index contributed by atoms with van der Waals surface area (Å²) in [5.74, 6) is 0. The number of nitrogens with zero attached hydrogens (tertiary/aromatic N) is 4. The predicted octanol–water partition coefficient (Wildman–Crippen LogP) is 3.25. The first-order valence-electron chi connectivity index (χ1n) is 6.47. The van der Waals surface area contributed by atoms with Crippen LogP contribution < -0.4 is 0 Å². The first-order valence-corrected chi connectivity index (χ1v) is 6.47. The minimum absolute atomic E-state index is 0.864. The van der Waals surface area contributed by atoms with Gasteiger partial charge in [0.15, 0.2) is 5.65 Å². The average molecular weight is 260 g/mol. The van der Waals surface area contributed by atoms with Gasteiger partial charge in [-0.1, -0.05) is 24.3 Å². The number of hydrogen-bond acceptors (Lipinski definition) is 3. The minimum Gasteiger partial charge on any atom is -0.263 e. The standard InChI is InChI=1S/C16H12N4/c1-11-8-18-16-14(6-7-19-20(11)16)15-10-17-9-12-4-2-3-5-13(12)15/h2-10H,1H3. The van der Waals surface area contributed by atoms with Crippen molar-refractivity contribution in [3.05, 3.63) is 60.8 Å². The third-order valence-electron chi connectivity index (χ3n) is 3.53. The van der Waals surface area contributed by atoms with E-state index in [1.165, 1.54) is 5.39 Å². The van der Waals surface area contributed by atoms with Crippen molar-refractivity contribution >= 4 is 16.4 Å². The van der Waals surface area contributed by atoms with Crippen LogP contribution in [-0.2, 0) is 0 Å². The van der Waals surface area contributed by atoms with Gasteiger partial charge in [-0.25, -0.2) is 9.50 Å². The average Bonchev–Trinajstić information content (AvgIpc) is 2.88. The molecule has 4 rings (SSSR count). The van der Waals surface area contributed by atoms with E-state index in [9.17, 15) is 0 Å². The Hall–Kier alpha value is -2.75. The maximum atomic E-state index is 4.47. The fourth-order valence-corrected chi connectivity index (χ4v) is 2.55. The molecule has 20 heavy (non-hydrogen) atoms. The number of pyridine rings is 1. The van der Waals surface area contributed by atoms with Crippen LogP contribution in [0.1, 0.15) is 5.69 Å². The van der Waals surface area contributed by atoms with Gasteiger partial charge in [-0.3, -0.25) is 4.98 Å². The van der Waals surface area contributed by atoms with E-state index in [4.69, 9.17) is 0 Å². The molecular formula is C16H12N4. The maximum absolute atomic E-state index is 4.47. The summed E-state index contributed by atoms with van der Waals surface area (Å²) in [5, 5.41) is 6.65. The molecule has 0 atom stereocenters. The van der Waals surface area contributed by atoms with E-state index in [-0.39, 0.29) is 0 Å². The summed E-state index contributed by atoms with van der Waals surface area (Å²) in [6.45, 7) is 2.00. The Morgan fingerprint density at radius 2 is 1.85 bits per heavy atom. The molecule has 0 bridgehead atoms. The molecule has 96 valence electrons. The molecule has 0 aliphatic rings. The number of rotatable bonds is 1. The molecule has 1 aromatic carbocycles. The van der Waals surface area contributed by atoms with Crippen molar-refractivity contribution in [2.24, 2.45) is 0 Å². The van der Waals surface area contributed by atoms with Crippen molar-refractivity contribution in [2.45, 2.75) is 6.92 Å². The fraction of sp³-hybridized carbons (Fsp3) is 0.0625. The molecule has 0 aliphatic heterocycles. The molecule has 4 nitrogen and oxygen atoms in total. The zero-order chi connectivity index (χ0) is 13.5. The van der Waals surface area contributed by atoms with Crippen molar-refractivity contribution in [2.75, 3.05) is 0 Å². The third kappa shape index (κ3) is 1.51. The van der Waals surface area contributed by atoms with Gasteiger partial charge in [0.1, 0.15) is 0 Å². The smallest absolute Gasteiger partial charge is 0.161 e. The molecular weight excluding hydrogens is 248 g/mol. The molecule has 0 unspecified atom stereocenters. The van der Waals surface area contributed by atoms with Gasteiger partial charge in [0.05, 0.1) is 11.9 Å². The van der Waals surface area contributed by atoms with Gasteiger partial charge in [-0.2, -0.15) is 5.10 Å². The lowest BCUT2D eigenvalue weighted by Gasteiger charge is -2.07. The van der Waals surface area contributed by atoms with Gasteiger partial charge in [-0.15, -0.1) is 0 Å². The number of imidazole rings is 1. The van der Waals surface area contributed by atoms with Gasteiger partial charge in [0.25, 0.3) is 0 Å². The number of hydrogen-bond donors (Lipinski definition) is 0. The molecule has 0 radical (unpaired) electrons. The van der Waals surface area contributed by atoms with Crippen molar-refractivity contribution in [3.8, 4) is 11.1 Å². The van der Waals surface area contributed by atoms with E-state index in [2.05, 4.69) is 27.2 Å². The first-order chi connectivity index (χ1) is 9.84. The fourth-order valence-electron chi connectivity index (χ4n) is 2.55. The Kier molecular flexibility index (Phi) is 2.29. The SMILES string of the molecule is Cc1cnc2c(-c3cncc4ccccc34)ccnn12. The van der Waals surface area contributed by atoms with E-state index >= 15 is 0 Å². The number of benzene rings is 1. The Morgan fingerprint density at radius 3 is 2.80 bits per heavy atom. The highest BCUT2D eigenvalue weighted by molar-refractivity contribution is 5.98. The predicted molar refractivity (Wildman–Crippen MR) is 78.5 cm³/mol. The second kappa shape index (κ2) is 4.13. The Labute approximate surface area is 115 Å². The number of fused-ring (bicyclic) bond motifs is 2. The van der Waals surface area contributed by atoms with Crippen LogP contribution in [0.25, 0.3) is 27.5 Å². The first kappa shape index (κ1) is 11.1. The molecule has 0 spiro atoms. The third-order valence-corrected chi connectivity index (χ3v) is 3.53. The van der Waals surface area contributed by atoms with E-state index in [1.807, 2.05) is 48.2 Å². The van der Waals surface area contributed by atoms with Crippen molar-refractivity contribution in [1.29, 1.82) is 0 Å². The molecule has 3 heterocycles. The van der Waals surface area contributed by atoms with Gasteiger partial charge >= 0.3 is 0 Å². The van der Waals surface area contributed by atoms with Crippen LogP contribution >= 0.6 is 0 Å². The molecule has 4 aromatic rings. The second-order valence-electron chi connectivity index (χ2n) is 4.79. The molecule has 0 saturated heterocycles. The largest absolute Gasteiger partial charge is 0.263 e. The number of aromatic nitrogens is 4. The highest BCUT2D eigenvalue weighted by Crippen LogP contribution is 2.29. The zero-order valence-electron chi connectivity index (χ0n) is 11.0. The molecule has 0 N–H and O–H groups in total. The lowest BCUT2D eigenvalue weighted by Crippen LogP contribution is -1.95. The minimum atomic E-state index is 0.864. The molecule has 0 saturated carbocycles. The summed E-state index contributed by atoms with van der Waals surface area (Å²) in [7, 11) is 0. The highest BCUT2D eigenvalue weighted by atomic mass is 15.2. The van der Waals surface area contributed by atoms with Gasteiger partial charge in [0.2, 0.25) is 0 Å².